The molecule has 1 saturated carbocycles. The van der Waals surface area contributed by atoms with E-state index in [-0.39, 0.29) is 6.09 Å². The fourth-order valence-corrected chi connectivity index (χ4v) is 2.61. The van der Waals surface area contributed by atoms with Gasteiger partial charge in [-0.3, -0.25) is 0 Å². The molecule has 0 N–H and O–H groups in total. The second kappa shape index (κ2) is 7.30. The minimum atomic E-state index is -0.421. The summed E-state index contributed by atoms with van der Waals surface area (Å²) < 4.78 is 5.58. The molecule has 0 spiro atoms. The molecule has 0 aliphatic heterocycles. The predicted octanol–water partition coefficient (Wildman–Crippen LogP) is 3.36. The summed E-state index contributed by atoms with van der Waals surface area (Å²) in [4.78, 5) is 16.5. The first kappa shape index (κ1) is 17.3. The number of hydrogen-bond donors (Lipinski definition) is 0. The normalized spacial score (nSPS) is 23.8. The quantitative estimate of drug-likeness (QED) is 0.793. The van der Waals surface area contributed by atoms with E-state index in [1.807, 2.05) is 39.8 Å². The number of likely N-dealkylation sites (N-methyl/N-ethyl adjacent to an activating group) is 1. The molecule has 0 unspecified atom stereocenters. The topological polar surface area (TPSA) is 32.8 Å². The van der Waals surface area contributed by atoms with Crippen molar-refractivity contribution in [2.75, 3.05) is 27.2 Å². The van der Waals surface area contributed by atoms with Gasteiger partial charge in [0, 0.05) is 19.1 Å². The zero-order valence-electron chi connectivity index (χ0n) is 14.1. The highest BCUT2D eigenvalue weighted by Crippen LogP contribution is 2.28. The van der Waals surface area contributed by atoms with Crippen LogP contribution in [0.4, 0.5) is 4.79 Å². The lowest BCUT2D eigenvalue weighted by molar-refractivity contribution is 0.00936. The third-order valence-electron chi connectivity index (χ3n) is 3.84. The number of carbonyl (C=O) groups is 1. The largest absolute Gasteiger partial charge is 0.444 e. The van der Waals surface area contributed by atoms with E-state index in [1.165, 1.54) is 12.8 Å². The Bertz CT molecular complexity index is 302. The van der Waals surface area contributed by atoms with Gasteiger partial charge in [-0.25, -0.2) is 4.79 Å². The molecule has 0 bridgehead atoms. The third kappa shape index (κ3) is 6.12. The second-order valence-electron chi connectivity index (χ2n) is 7.39. The van der Waals surface area contributed by atoms with Crippen molar-refractivity contribution < 1.29 is 9.53 Å². The van der Waals surface area contributed by atoms with Gasteiger partial charge in [0.05, 0.1) is 0 Å². The first-order valence-corrected chi connectivity index (χ1v) is 7.83. The third-order valence-corrected chi connectivity index (χ3v) is 3.84. The van der Waals surface area contributed by atoms with Crippen LogP contribution in [-0.4, -0.2) is 54.7 Å². The Morgan fingerprint density at radius 1 is 1.10 bits per heavy atom. The van der Waals surface area contributed by atoms with Crippen molar-refractivity contribution in [2.24, 2.45) is 5.92 Å². The number of carbonyl (C=O) groups excluding carboxylic acids is 1. The zero-order chi connectivity index (χ0) is 15.3. The van der Waals surface area contributed by atoms with Crippen LogP contribution in [0.2, 0.25) is 0 Å². The van der Waals surface area contributed by atoms with Crippen LogP contribution < -0.4 is 0 Å². The summed E-state index contributed by atoms with van der Waals surface area (Å²) in [5, 5.41) is 0. The van der Waals surface area contributed by atoms with Crippen LogP contribution in [-0.2, 0) is 4.74 Å². The lowest BCUT2D eigenvalue weighted by Crippen LogP contribution is -2.47. The molecule has 1 rings (SSSR count). The molecule has 1 aliphatic rings. The Morgan fingerprint density at radius 2 is 1.65 bits per heavy atom. The number of ether oxygens (including phenoxy) is 1. The van der Waals surface area contributed by atoms with Crippen LogP contribution in [0.3, 0.4) is 0 Å². The van der Waals surface area contributed by atoms with Crippen LogP contribution >= 0.6 is 0 Å². The summed E-state index contributed by atoms with van der Waals surface area (Å²) in [6, 6.07) is 0.348. The highest BCUT2D eigenvalue weighted by atomic mass is 16.6. The van der Waals surface area contributed by atoms with E-state index in [9.17, 15) is 4.79 Å². The molecule has 20 heavy (non-hydrogen) atoms. The van der Waals surface area contributed by atoms with Gasteiger partial charge in [0.15, 0.2) is 0 Å². The maximum Gasteiger partial charge on any atom is 0.410 e. The lowest BCUT2D eigenvalue weighted by Gasteiger charge is -2.37. The van der Waals surface area contributed by atoms with Gasteiger partial charge in [0.1, 0.15) is 5.60 Å². The summed E-state index contributed by atoms with van der Waals surface area (Å²) >= 11 is 0. The second-order valence-corrected chi connectivity index (χ2v) is 7.39. The van der Waals surface area contributed by atoms with Crippen molar-refractivity contribution in [2.45, 2.75) is 65.0 Å². The molecule has 0 heterocycles. The molecule has 1 aliphatic carbocycles. The van der Waals surface area contributed by atoms with Crippen LogP contribution in [0.1, 0.15) is 53.4 Å². The Labute approximate surface area is 124 Å². The smallest absolute Gasteiger partial charge is 0.410 e. The van der Waals surface area contributed by atoms with Crippen LogP contribution in [0, 0.1) is 5.92 Å². The molecule has 1 amide bonds. The van der Waals surface area contributed by atoms with Gasteiger partial charge in [-0.2, -0.15) is 0 Å². The number of rotatable bonds is 4. The Kier molecular flexibility index (Phi) is 6.31. The summed E-state index contributed by atoms with van der Waals surface area (Å²) in [5.74, 6) is 0.792. The molecule has 4 nitrogen and oxygen atoms in total. The van der Waals surface area contributed by atoms with Gasteiger partial charge < -0.3 is 14.5 Å². The fraction of sp³-hybridized carbons (Fsp3) is 0.938. The van der Waals surface area contributed by atoms with E-state index in [0.717, 1.165) is 31.8 Å². The highest BCUT2D eigenvalue weighted by Gasteiger charge is 2.30. The average Bonchev–Trinajstić information content (AvgIpc) is 2.29. The first-order valence-electron chi connectivity index (χ1n) is 7.83. The number of hydrogen-bond acceptors (Lipinski definition) is 3. The van der Waals surface area contributed by atoms with Gasteiger partial charge in [-0.05, 0) is 66.5 Å². The fourth-order valence-electron chi connectivity index (χ4n) is 2.61. The van der Waals surface area contributed by atoms with Crippen LogP contribution in [0.25, 0.3) is 0 Å². The average molecular weight is 284 g/mol. The van der Waals surface area contributed by atoms with Crippen molar-refractivity contribution in [1.82, 2.24) is 9.80 Å². The molecule has 0 aromatic carbocycles. The van der Waals surface area contributed by atoms with E-state index in [2.05, 4.69) is 11.8 Å². The molecule has 0 radical (unpaired) electrons. The molecule has 118 valence electrons. The minimum Gasteiger partial charge on any atom is -0.444 e. The molecule has 0 aromatic heterocycles. The van der Waals surface area contributed by atoms with Crippen molar-refractivity contribution in [3.05, 3.63) is 0 Å². The minimum absolute atomic E-state index is 0.154. The SMILES string of the molecule is CC1CCC(N(CCN(C)C)C(=O)OC(C)(C)C)CC1. The summed E-state index contributed by atoms with van der Waals surface area (Å²) in [6.45, 7) is 9.72. The highest BCUT2D eigenvalue weighted by molar-refractivity contribution is 5.68. The van der Waals surface area contributed by atoms with Crippen LogP contribution in [0.5, 0.6) is 0 Å². The Hall–Kier alpha value is -0.770. The van der Waals surface area contributed by atoms with E-state index >= 15 is 0 Å². The Morgan fingerprint density at radius 3 is 2.10 bits per heavy atom. The molecule has 1 fully saturated rings. The molecular weight excluding hydrogens is 252 g/mol. The predicted molar refractivity (Wildman–Crippen MR) is 82.9 cm³/mol. The summed E-state index contributed by atoms with van der Waals surface area (Å²) in [5.41, 5.74) is -0.421. The maximum atomic E-state index is 12.4. The maximum absolute atomic E-state index is 12.4. The number of nitrogens with zero attached hydrogens (tertiary/aromatic N) is 2. The van der Waals surface area contributed by atoms with E-state index in [4.69, 9.17) is 4.74 Å². The van der Waals surface area contributed by atoms with Gasteiger partial charge >= 0.3 is 6.09 Å². The van der Waals surface area contributed by atoms with Crippen molar-refractivity contribution >= 4 is 6.09 Å². The molecule has 0 atom stereocenters. The first-order chi connectivity index (χ1) is 9.19. The van der Waals surface area contributed by atoms with E-state index < -0.39 is 5.60 Å². The standard InChI is InChI=1S/C16H32N2O2/c1-13-7-9-14(10-8-13)18(12-11-17(5)6)15(19)20-16(2,3)4/h13-14H,7-12H2,1-6H3. The molecular formula is C16H32N2O2. The molecule has 0 saturated heterocycles. The monoisotopic (exact) mass is 284 g/mol. The van der Waals surface area contributed by atoms with Crippen molar-refractivity contribution in [3.8, 4) is 0 Å². The van der Waals surface area contributed by atoms with Crippen molar-refractivity contribution in [3.63, 3.8) is 0 Å². The Balaban J connectivity index is 2.66. The van der Waals surface area contributed by atoms with E-state index in [0.29, 0.717) is 6.04 Å². The zero-order valence-corrected chi connectivity index (χ0v) is 14.1. The van der Waals surface area contributed by atoms with Crippen molar-refractivity contribution in [1.29, 1.82) is 0 Å². The van der Waals surface area contributed by atoms with Gasteiger partial charge in [0.25, 0.3) is 0 Å². The molecule has 0 aromatic rings. The van der Waals surface area contributed by atoms with E-state index in [1.54, 1.807) is 0 Å². The van der Waals surface area contributed by atoms with Crippen LogP contribution in [0.15, 0.2) is 0 Å². The number of amides is 1. The van der Waals surface area contributed by atoms with Gasteiger partial charge in [0.2, 0.25) is 0 Å². The molecule has 4 heteroatoms. The summed E-state index contributed by atoms with van der Waals surface area (Å²) in [6.07, 6.45) is 4.48. The van der Waals surface area contributed by atoms with Gasteiger partial charge in [-0.15, -0.1) is 0 Å². The lowest BCUT2D eigenvalue weighted by atomic mass is 9.86. The summed E-state index contributed by atoms with van der Waals surface area (Å²) in [7, 11) is 4.08. The van der Waals surface area contributed by atoms with Gasteiger partial charge in [-0.1, -0.05) is 6.92 Å².